The number of ketones is 1. The van der Waals surface area contributed by atoms with Crippen molar-refractivity contribution in [1.29, 1.82) is 0 Å². The molecular weight excluding hydrogens is 232 g/mol. The predicted molar refractivity (Wildman–Crippen MR) is 85.5 cm³/mol. The van der Waals surface area contributed by atoms with E-state index in [1.807, 2.05) is 6.08 Å². The average molecular weight is 266 g/mol. The van der Waals surface area contributed by atoms with Gasteiger partial charge in [0.25, 0.3) is 0 Å². The van der Waals surface area contributed by atoms with Crippen molar-refractivity contribution < 1.29 is 4.79 Å². The summed E-state index contributed by atoms with van der Waals surface area (Å²) in [6.07, 6.45) is 18.9. The van der Waals surface area contributed by atoms with Gasteiger partial charge in [0.1, 0.15) is 5.78 Å². The zero-order valence-electron chi connectivity index (χ0n) is 13.1. The number of carbonyl (C=O) groups excluding carboxylic acids is 1. The van der Waals surface area contributed by atoms with Crippen LogP contribution >= 0.6 is 0 Å². The predicted octanol–water partition coefficient (Wildman–Crippen LogP) is 6.22. The summed E-state index contributed by atoms with van der Waals surface area (Å²) >= 11 is 0. The molecule has 0 N–H and O–H groups in total. The van der Waals surface area contributed by atoms with Crippen molar-refractivity contribution in [3.8, 4) is 0 Å². The van der Waals surface area contributed by atoms with Crippen LogP contribution < -0.4 is 0 Å². The molecule has 0 atom stereocenters. The van der Waals surface area contributed by atoms with Crippen LogP contribution in [0.15, 0.2) is 12.7 Å². The molecule has 0 heterocycles. The molecule has 0 rings (SSSR count). The van der Waals surface area contributed by atoms with Crippen LogP contribution in [0.5, 0.6) is 0 Å². The van der Waals surface area contributed by atoms with Crippen LogP contribution in [0.1, 0.15) is 96.8 Å². The van der Waals surface area contributed by atoms with Crippen molar-refractivity contribution >= 4 is 5.78 Å². The van der Waals surface area contributed by atoms with E-state index >= 15 is 0 Å². The number of allylic oxidation sites excluding steroid dienone is 1. The van der Waals surface area contributed by atoms with Gasteiger partial charge < -0.3 is 0 Å². The molecule has 0 aromatic carbocycles. The highest BCUT2D eigenvalue weighted by atomic mass is 16.1. The molecule has 0 aliphatic carbocycles. The standard InChI is InChI=1S/C18H34O/c1-3-5-7-8-9-10-11-12-13-14-15-17-18(19)16-6-4-2/h4H,2-3,5-17H2,1H3. The fraction of sp³-hybridized carbons (Fsp3) is 0.833. The van der Waals surface area contributed by atoms with E-state index in [4.69, 9.17) is 0 Å². The maximum Gasteiger partial charge on any atom is 0.133 e. The molecule has 0 saturated heterocycles. The molecule has 0 fully saturated rings. The van der Waals surface area contributed by atoms with Crippen LogP contribution in [-0.4, -0.2) is 5.78 Å². The average Bonchev–Trinajstić information content (AvgIpc) is 2.42. The van der Waals surface area contributed by atoms with E-state index in [-0.39, 0.29) is 0 Å². The molecule has 0 aromatic rings. The lowest BCUT2D eigenvalue weighted by atomic mass is 10.0. The van der Waals surface area contributed by atoms with Gasteiger partial charge in [-0.05, 0) is 12.8 Å². The summed E-state index contributed by atoms with van der Waals surface area (Å²) in [6, 6.07) is 0. The zero-order valence-corrected chi connectivity index (χ0v) is 13.1. The lowest BCUT2D eigenvalue weighted by Crippen LogP contribution is -1.96. The van der Waals surface area contributed by atoms with Crippen molar-refractivity contribution in [2.45, 2.75) is 96.8 Å². The van der Waals surface area contributed by atoms with Gasteiger partial charge in [0.15, 0.2) is 0 Å². The molecule has 0 unspecified atom stereocenters. The van der Waals surface area contributed by atoms with Gasteiger partial charge in [-0.25, -0.2) is 0 Å². The second kappa shape index (κ2) is 15.5. The Bertz CT molecular complexity index is 208. The molecule has 0 spiro atoms. The van der Waals surface area contributed by atoms with Crippen molar-refractivity contribution in [3.05, 3.63) is 12.7 Å². The second-order valence-electron chi connectivity index (χ2n) is 5.65. The van der Waals surface area contributed by atoms with Gasteiger partial charge in [-0.2, -0.15) is 0 Å². The lowest BCUT2D eigenvalue weighted by Gasteiger charge is -2.02. The Morgan fingerprint density at radius 3 is 1.74 bits per heavy atom. The van der Waals surface area contributed by atoms with E-state index in [1.54, 1.807) is 0 Å². The molecule has 0 amide bonds. The van der Waals surface area contributed by atoms with Crippen LogP contribution in [-0.2, 0) is 4.79 Å². The number of rotatable bonds is 15. The molecule has 19 heavy (non-hydrogen) atoms. The number of carbonyl (C=O) groups is 1. The highest BCUT2D eigenvalue weighted by Gasteiger charge is 2.00. The van der Waals surface area contributed by atoms with E-state index in [9.17, 15) is 4.79 Å². The van der Waals surface area contributed by atoms with Gasteiger partial charge in [-0.15, -0.1) is 6.58 Å². The summed E-state index contributed by atoms with van der Waals surface area (Å²) in [6.45, 7) is 5.91. The van der Waals surface area contributed by atoms with E-state index in [1.165, 1.54) is 64.2 Å². The molecule has 0 saturated carbocycles. The minimum absolute atomic E-state index is 0.413. The molecule has 0 bridgehead atoms. The summed E-state index contributed by atoms with van der Waals surface area (Å²) in [5.41, 5.74) is 0. The number of hydrogen-bond donors (Lipinski definition) is 0. The third-order valence-electron chi connectivity index (χ3n) is 3.69. The number of Topliss-reactive ketones (excluding diaryl/α,β-unsaturated/α-hetero) is 1. The molecule has 1 heteroatoms. The first-order valence-electron chi connectivity index (χ1n) is 8.43. The van der Waals surface area contributed by atoms with Crippen LogP contribution in [0.4, 0.5) is 0 Å². The quantitative estimate of drug-likeness (QED) is 0.254. The van der Waals surface area contributed by atoms with E-state index in [2.05, 4.69) is 13.5 Å². The Hall–Kier alpha value is -0.590. The largest absolute Gasteiger partial charge is 0.300 e. The summed E-state index contributed by atoms with van der Waals surface area (Å²) in [5, 5.41) is 0. The molecule has 112 valence electrons. The first kappa shape index (κ1) is 18.4. The molecular formula is C18H34O. The summed E-state index contributed by atoms with van der Waals surface area (Å²) in [5.74, 6) is 0.413. The minimum atomic E-state index is 0.413. The highest BCUT2D eigenvalue weighted by Crippen LogP contribution is 2.12. The summed E-state index contributed by atoms with van der Waals surface area (Å²) in [4.78, 5) is 11.4. The zero-order chi connectivity index (χ0) is 14.2. The Morgan fingerprint density at radius 2 is 1.26 bits per heavy atom. The minimum Gasteiger partial charge on any atom is -0.300 e. The first-order valence-corrected chi connectivity index (χ1v) is 8.43. The van der Waals surface area contributed by atoms with Crippen molar-refractivity contribution in [2.75, 3.05) is 0 Å². The molecule has 1 nitrogen and oxygen atoms in total. The van der Waals surface area contributed by atoms with Crippen molar-refractivity contribution in [3.63, 3.8) is 0 Å². The van der Waals surface area contributed by atoms with Crippen LogP contribution in [0.3, 0.4) is 0 Å². The van der Waals surface area contributed by atoms with Crippen molar-refractivity contribution in [1.82, 2.24) is 0 Å². The highest BCUT2D eigenvalue weighted by molar-refractivity contribution is 5.78. The van der Waals surface area contributed by atoms with Crippen molar-refractivity contribution in [2.24, 2.45) is 0 Å². The fourth-order valence-electron chi connectivity index (χ4n) is 2.37. The molecule has 0 aliphatic rings. The third kappa shape index (κ3) is 15.4. The first-order chi connectivity index (χ1) is 9.31. The van der Waals surface area contributed by atoms with Crippen LogP contribution in [0.2, 0.25) is 0 Å². The SMILES string of the molecule is C=CCCC(=O)CCCCCCCCCCCCC. The van der Waals surface area contributed by atoms with Gasteiger partial charge >= 0.3 is 0 Å². The van der Waals surface area contributed by atoms with Gasteiger partial charge in [-0.3, -0.25) is 4.79 Å². The van der Waals surface area contributed by atoms with Crippen LogP contribution in [0.25, 0.3) is 0 Å². The number of unbranched alkanes of at least 4 members (excludes halogenated alkanes) is 10. The normalized spacial score (nSPS) is 10.6. The van der Waals surface area contributed by atoms with Gasteiger partial charge in [-0.1, -0.05) is 77.2 Å². The monoisotopic (exact) mass is 266 g/mol. The van der Waals surface area contributed by atoms with Gasteiger partial charge in [0.05, 0.1) is 0 Å². The van der Waals surface area contributed by atoms with Crippen LogP contribution in [0, 0.1) is 0 Å². The third-order valence-corrected chi connectivity index (χ3v) is 3.69. The van der Waals surface area contributed by atoms with E-state index < -0.39 is 0 Å². The Labute approximate surface area is 120 Å². The summed E-state index contributed by atoms with van der Waals surface area (Å²) in [7, 11) is 0. The maximum absolute atomic E-state index is 11.4. The Kier molecular flexibility index (Phi) is 15.0. The second-order valence-corrected chi connectivity index (χ2v) is 5.65. The Balaban J connectivity index is 3.06. The lowest BCUT2D eigenvalue weighted by molar-refractivity contribution is -0.119. The topological polar surface area (TPSA) is 17.1 Å². The van der Waals surface area contributed by atoms with Gasteiger partial charge in [0.2, 0.25) is 0 Å². The molecule has 0 radical (unpaired) electrons. The number of hydrogen-bond acceptors (Lipinski definition) is 1. The summed E-state index contributed by atoms with van der Waals surface area (Å²) < 4.78 is 0. The molecule has 0 aliphatic heterocycles. The van der Waals surface area contributed by atoms with Gasteiger partial charge in [0, 0.05) is 12.8 Å². The van der Waals surface area contributed by atoms with E-state index in [0.29, 0.717) is 12.2 Å². The molecule has 0 aromatic heterocycles. The maximum atomic E-state index is 11.4. The fourth-order valence-corrected chi connectivity index (χ4v) is 2.37. The Morgan fingerprint density at radius 1 is 0.789 bits per heavy atom. The smallest absolute Gasteiger partial charge is 0.133 e. The van der Waals surface area contributed by atoms with E-state index in [0.717, 1.165) is 19.3 Å².